The molecule has 0 spiro atoms. The molecule has 0 aliphatic heterocycles. The number of hydrogen-bond donors (Lipinski definition) is 1. The van der Waals surface area contributed by atoms with Gasteiger partial charge in [-0.05, 0) is 30.7 Å². The molecular formula is C18H19N3O4S. The molecule has 2 aromatic carbocycles. The second-order valence-corrected chi connectivity index (χ2v) is 7.19. The Hall–Kier alpha value is -2.84. The predicted octanol–water partition coefficient (Wildman–Crippen LogP) is 2.51. The van der Waals surface area contributed by atoms with Gasteiger partial charge in [0.1, 0.15) is 16.4 Å². The van der Waals surface area contributed by atoms with Crippen LogP contribution >= 0.6 is 0 Å². The summed E-state index contributed by atoms with van der Waals surface area (Å²) < 4.78 is 36.3. The Morgan fingerprint density at radius 1 is 1.04 bits per heavy atom. The fourth-order valence-electron chi connectivity index (χ4n) is 2.79. The molecule has 0 radical (unpaired) electrons. The van der Waals surface area contributed by atoms with Crippen LogP contribution in [0.3, 0.4) is 0 Å². The fourth-order valence-corrected chi connectivity index (χ4v) is 3.50. The van der Waals surface area contributed by atoms with Gasteiger partial charge in [0.25, 0.3) is 0 Å². The van der Waals surface area contributed by atoms with Crippen molar-refractivity contribution in [3.8, 4) is 28.4 Å². The van der Waals surface area contributed by atoms with E-state index in [0.29, 0.717) is 17.0 Å². The number of aromatic nitrogens is 2. The van der Waals surface area contributed by atoms with E-state index in [4.69, 9.17) is 14.6 Å². The number of rotatable bonds is 5. The summed E-state index contributed by atoms with van der Waals surface area (Å²) in [6, 6.07) is 12.5. The maximum absolute atomic E-state index is 12.0. The maximum atomic E-state index is 12.0. The second kappa shape index (κ2) is 6.81. The molecule has 0 saturated heterocycles. The van der Waals surface area contributed by atoms with E-state index in [0.717, 1.165) is 11.3 Å². The van der Waals surface area contributed by atoms with E-state index < -0.39 is 10.0 Å². The molecule has 0 fully saturated rings. The van der Waals surface area contributed by atoms with Crippen LogP contribution in [0, 0.1) is 6.92 Å². The number of hydrogen-bond acceptors (Lipinski definition) is 5. The Labute approximate surface area is 152 Å². The topological polar surface area (TPSA) is 96.4 Å². The molecule has 0 atom stereocenters. The van der Waals surface area contributed by atoms with Crippen LogP contribution in [0.25, 0.3) is 16.9 Å². The lowest BCUT2D eigenvalue weighted by atomic mass is 10.1. The molecule has 1 aromatic heterocycles. The van der Waals surface area contributed by atoms with Crippen molar-refractivity contribution >= 4 is 10.0 Å². The summed E-state index contributed by atoms with van der Waals surface area (Å²) in [4.78, 5) is -0.117. The first kappa shape index (κ1) is 18.0. The van der Waals surface area contributed by atoms with E-state index in [2.05, 4.69) is 5.10 Å². The Morgan fingerprint density at radius 3 is 2.35 bits per heavy atom. The third-order valence-electron chi connectivity index (χ3n) is 4.05. The first-order valence-electron chi connectivity index (χ1n) is 7.76. The highest BCUT2D eigenvalue weighted by molar-refractivity contribution is 7.89. The van der Waals surface area contributed by atoms with Crippen LogP contribution in [0.2, 0.25) is 0 Å². The number of primary sulfonamides is 1. The highest BCUT2D eigenvalue weighted by atomic mass is 32.2. The maximum Gasteiger partial charge on any atom is 0.241 e. The molecule has 8 heteroatoms. The monoisotopic (exact) mass is 373 g/mol. The molecule has 2 N–H and O–H groups in total. The average molecular weight is 373 g/mol. The molecule has 3 aromatic rings. The van der Waals surface area contributed by atoms with Gasteiger partial charge in [0.05, 0.1) is 31.8 Å². The van der Waals surface area contributed by atoms with Gasteiger partial charge in [-0.15, -0.1) is 0 Å². The number of benzene rings is 2. The van der Waals surface area contributed by atoms with Crippen LogP contribution < -0.4 is 14.6 Å². The Kier molecular flexibility index (Phi) is 4.71. The molecule has 0 amide bonds. The van der Waals surface area contributed by atoms with Crippen LogP contribution in [0.1, 0.15) is 5.56 Å². The Bertz CT molecular complexity index is 1060. The number of nitrogens with two attached hydrogens (primary N) is 1. The molecule has 1 heterocycles. The van der Waals surface area contributed by atoms with Crippen molar-refractivity contribution in [3.05, 3.63) is 54.2 Å². The number of methoxy groups -OCH3 is 2. The minimum atomic E-state index is -3.98. The molecule has 0 unspecified atom stereocenters. The highest BCUT2D eigenvalue weighted by Crippen LogP contribution is 2.38. The van der Waals surface area contributed by atoms with E-state index in [-0.39, 0.29) is 10.6 Å². The van der Waals surface area contributed by atoms with Gasteiger partial charge < -0.3 is 9.47 Å². The van der Waals surface area contributed by atoms with Crippen molar-refractivity contribution in [2.45, 2.75) is 11.8 Å². The van der Waals surface area contributed by atoms with Gasteiger partial charge in [-0.1, -0.05) is 18.2 Å². The summed E-state index contributed by atoms with van der Waals surface area (Å²) in [7, 11) is -1.10. The van der Waals surface area contributed by atoms with Gasteiger partial charge in [0.15, 0.2) is 0 Å². The van der Waals surface area contributed by atoms with E-state index in [1.54, 1.807) is 16.9 Å². The third-order valence-corrected chi connectivity index (χ3v) is 4.99. The molecule has 0 bridgehead atoms. The van der Waals surface area contributed by atoms with Gasteiger partial charge in [0, 0.05) is 11.6 Å². The molecule has 0 aliphatic rings. The summed E-state index contributed by atoms with van der Waals surface area (Å²) in [5.74, 6) is 0.569. The van der Waals surface area contributed by atoms with Gasteiger partial charge in [-0.25, -0.2) is 18.2 Å². The second-order valence-electron chi connectivity index (χ2n) is 5.66. The van der Waals surface area contributed by atoms with Crippen molar-refractivity contribution in [1.82, 2.24) is 9.78 Å². The number of aryl methyl sites for hydroxylation is 1. The van der Waals surface area contributed by atoms with Gasteiger partial charge in [-0.2, -0.15) is 5.10 Å². The Balaban J connectivity index is 2.29. The van der Waals surface area contributed by atoms with E-state index in [9.17, 15) is 8.42 Å². The number of ether oxygens (including phenoxy) is 2. The largest absolute Gasteiger partial charge is 0.496 e. The van der Waals surface area contributed by atoms with Crippen LogP contribution in [0.15, 0.2) is 53.6 Å². The van der Waals surface area contributed by atoms with E-state index >= 15 is 0 Å². The lowest BCUT2D eigenvalue weighted by Gasteiger charge is -2.16. The molecule has 0 saturated carbocycles. The van der Waals surface area contributed by atoms with Crippen LogP contribution in [-0.4, -0.2) is 32.4 Å². The third kappa shape index (κ3) is 3.16. The van der Waals surface area contributed by atoms with Crippen molar-refractivity contribution in [1.29, 1.82) is 0 Å². The molecule has 0 aliphatic carbocycles. The standard InChI is InChI=1S/C18H19N3O4S/c1-12-6-4-5-7-14(12)21-15(8-9-20-21)13-10-18(26(19,22)23)17(25-3)11-16(13)24-2/h4-11H,1-3H3,(H2,19,22,23). The predicted molar refractivity (Wildman–Crippen MR) is 98.2 cm³/mol. The molecular weight excluding hydrogens is 354 g/mol. The average Bonchev–Trinajstić information content (AvgIpc) is 3.09. The smallest absolute Gasteiger partial charge is 0.241 e. The van der Waals surface area contributed by atoms with Crippen LogP contribution in [-0.2, 0) is 10.0 Å². The lowest BCUT2D eigenvalue weighted by Crippen LogP contribution is -2.14. The quantitative estimate of drug-likeness (QED) is 0.741. The van der Waals surface area contributed by atoms with Gasteiger partial charge in [-0.3, -0.25) is 0 Å². The van der Waals surface area contributed by atoms with E-state index in [1.807, 2.05) is 31.2 Å². The first-order valence-corrected chi connectivity index (χ1v) is 9.30. The molecule has 7 nitrogen and oxygen atoms in total. The number of sulfonamides is 1. The fraction of sp³-hybridized carbons (Fsp3) is 0.167. The minimum Gasteiger partial charge on any atom is -0.496 e. The highest BCUT2D eigenvalue weighted by Gasteiger charge is 2.22. The zero-order chi connectivity index (χ0) is 18.9. The van der Waals surface area contributed by atoms with Crippen LogP contribution in [0.5, 0.6) is 11.5 Å². The SMILES string of the molecule is COc1cc(OC)c(S(N)(=O)=O)cc1-c1ccnn1-c1ccccc1C. The molecule has 3 rings (SSSR count). The summed E-state index contributed by atoms with van der Waals surface area (Å²) >= 11 is 0. The minimum absolute atomic E-state index is 0.117. The summed E-state index contributed by atoms with van der Waals surface area (Å²) in [5.41, 5.74) is 3.11. The molecule has 26 heavy (non-hydrogen) atoms. The number of para-hydroxylation sites is 1. The normalized spacial score (nSPS) is 11.4. The van der Waals surface area contributed by atoms with E-state index in [1.165, 1.54) is 26.4 Å². The van der Waals surface area contributed by atoms with Gasteiger partial charge in [0.2, 0.25) is 10.0 Å². The van der Waals surface area contributed by atoms with Gasteiger partial charge >= 0.3 is 0 Å². The number of nitrogens with zero attached hydrogens (tertiary/aromatic N) is 2. The van der Waals surface area contributed by atoms with Crippen molar-refractivity contribution in [2.24, 2.45) is 5.14 Å². The lowest BCUT2D eigenvalue weighted by molar-refractivity contribution is 0.387. The first-order chi connectivity index (χ1) is 12.4. The van der Waals surface area contributed by atoms with Crippen molar-refractivity contribution < 1.29 is 17.9 Å². The zero-order valence-corrected chi connectivity index (χ0v) is 15.4. The van der Waals surface area contributed by atoms with Crippen molar-refractivity contribution in [2.75, 3.05) is 14.2 Å². The molecule has 136 valence electrons. The summed E-state index contributed by atoms with van der Waals surface area (Å²) in [6.07, 6.45) is 1.64. The van der Waals surface area contributed by atoms with Crippen molar-refractivity contribution in [3.63, 3.8) is 0 Å². The summed E-state index contributed by atoms with van der Waals surface area (Å²) in [6.45, 7) is 1.97. The Morgan fingerprint density at radius 2 is 1.73 bits per heavy atom. The van der Waals surface area contributed by atoms with Crippen LogP contribution in [0.4, 0.5) is 0 Å². The zero-order valence-electron chi connectivity index (χ0n) is 14.6. The summed E-state index contributed by atoms with van der Waals surface area (Å²) in [5, 5.41) is 9.73.